The van der Waals surface area contributed by atoms with Crippen LogP contribution in [-0.4, -0.2) is 18.1 Å². The van der Waals surface area contributed by atoms with Gasteiger partial charge in [0.2, 0.25) is 0 Å². The highest BCUT2D eigenvalue weighted by Crippen LogP contribution is 2.31. The lowest BCUT2D eigenvalue weighted by molar-refractivity contribution is 0.534. The second kappa shape index (κ2) is 8.74. The molecule has 0 atom stereocenters. The average molecular weight is 312 g/mol. The second-order valence-electron chi connectivity index (χ2n) is 7.02. The zero-order chi connectivity index (χ0) is 16.0. The second-order valence-corrected chi connectivity index (χ2v) is 8.08. The van der Waals surface area contributed by atoms with Gasteiger partial charge in [-0.1, -0.05) is 41.5 Å². The summed E-state index contributed by atoms with van der Waals surface area (Å²) in [5, 5.41) is 1.17. The van der Waals surface area contributed by atoms with Gasteiger partial charge in [0.05, 0.1) is 5.69 Å². The minimum atomic E-state index is 0.450. The van der Waals surface area contributed by atoms with Gasteiger partial charge in [-0.05, 0) is 30.6 Å². The maximum atomic E-state index is 5.90. The van der Waals surface area contributed by atoms with Crippen molar-refractivity contribution < 1.29 is 0 Å². The zero-order valence-electron chi connectivity index (χ0n) is 14.6. The average Bonchev–Trinajstić information content (AvgIpc) is 2.82. The van der Waals surface area contributed by atoms with Crippen LogP contribution in [-0.2, 0) is 6.54 Å². The molecule has 0 aliphatic carbocycles. The van der Waals surface area contributed by atoms with Crippen molar-refractivity contribution in [1.82, 2.24) is 4.98 Å². The lowest BCUT2D eigenvalue weighted by Gasteiger charge is -2.23. The fourth-order valence-electron chi connectivity index (χ4n) is 2.21. The summed E-state index contributed by atoms with van der Waals surface area (Å²) < 4.78 is 0. The summed E-state index contributed by atoms with van der Waals surface area (Å²) in [6, 6.07) is 0. The Bertz CT molecular complexity index is 398. The van der Waals surface area contributed by atoms with Crippen molar-refractivity contribution in [2.45, 2.75) is 66.8 Å². The van der Waals surface area contributed by atoms with Crippen LogP contribution < -0.4 is 10.6 Å². The molecule has 0 saturated carbocycles. The number of anilines is 1. The molecule has 0 saturated heterocycles. The molecule has 2 N–H and O–H groups in total. The molecule has 3 nitrogen and oxygen atoms in total. The number of nitrogens with two attached hydrogens (primary N) is 1. The molecule has 4 heteroatoms. The molecule has 0 aromatic carbocycles. The van der Waals surface area contributed by atoms with Gasteiger partial charge in [0.15, 0.2) is 5.13 Å². The largest absolute Gasteiger partial charge is 0.348 e. The Morgan fingerprint density at radius 3 is 1.86 bits per heavy atom. The summed E-state index contributed by atoms with van der Waals surface area (Å²) in [5.41, 5.74) is 7.09. The van der Waals surface area contributed by atoms with Gasteiger partial charge in [0.25, 0.3) is 0 Å². The van der Waals surface area contributed by atoms with Gasteiger partial charge in [0, 0.05) is 24.5 Å². The van der Waals surface area contributed by atoms with E-state index in [1.54, 1.807) is 11.3 Å². The maximum Gasteiger partial charge on any atom is 0.185 e. The van der Waals surface area contributed by atoms with Crippen molar-refractivity contribution in [3.8, 4) is 0 Å². The van der Waals surface area contributed by atoms with Gasteiger partial charge < -0.3 is 10.6 Å². The van der Waals surface area contributed by atoms with E-state index < -0.39 is 0 Å². The van der Waals surface area contributed by atoms with E-state index in [4.69, 9.17) is 10.7 Å². The van der Waals surface area contributed by atoms with Crippen LogP contribution in [0.4, 0.5) is 5.13 Å². The number of rotatable bonds is 9. The monoisotopic (exact) mass is 311 g/mol. The topological polar surface area (TPSA) is 42.2 Å². The Balaban J connectivity index is 2.90. The Morgan fingerprint density at radius 1 is 1.00 bits per heavy atom. The summed E-state index contributed by atoms with van der Waals surface area (Å²) in [6.07, 6.45) is 2.43. The number of aromatic nitrogens is 1. The van der Waals surface area contributed by atoms with E-state index in [2.05, 4.69) is 46.4 Å². The first-order chi connectivity index (χ1) is 9.85. The molecule has 0 unspecified atom stereocenters. The highest BCUT2D eigenvalue weighted by atomic mass is 32.1. The molecule has 0 aliphatic heterocycles. The van der Waals surface area contributed by atoms with Crippen molar-refractivity contribution >= 4 is 16.5 Å². The summed E-state index contributed by atoms with van der Waals surface area (Å²) in [6.45, 7) is 16.3. The summed E-state index contributed by atoms with van der Waals surface area (Å²) in [5.74, 6) is 1.90. The molecule has 0 bridgehead atoms. The van der Waals surface area contributed by atoms with Crippen LogP contribution in [0.2, 0.25) is 0 Å². The van der Waals surface area contributed by atoms with E-state index in [1.165, 1.54) is 28.5 Å². The Labute approximate surface area is 135 Å². The fourth-order valence-corrected chi connectivity index (χ4v) is 3.36. The van der Waals surface area contributed by atoms with Crippen molar-refractivity contribution in [3.05, 3.63) is 10.6 Å². The zero-order valence-corrected chi connectivity index (χ0v) is 15.5. The third-order valence-corrected chi connectivity index (χ3v) is 4.83. The predicted octanol–water partition coefficient (Wildman–Crippen LogP) is 4.62. The summed E-state index contributed by atoms with van der Waals surface area (Å²) in [4.78, 5) is 8.62. The van der Waals surface area contributed by atoms with Gasteiger partial charge in [-0.15, -0.1) is 11.3 Å². The first-order valence-corrected chi connectivity index (χ1v) is 9.11. The van der Waals surface area contributed by atoms with Gasteiger partial charge in [-0.3, -0.25) is 0 Å². The van der Waals surface area contributed by atoms with Crippen molar-refractivity contribution in [2.24, 2.45) is 17.6 Å². The molecular weight excluding hydrogens is 278 g/mol. The fraction of sp³-hybridized carbons (Fsp3) is 0.824. The SMILES string of the molecule is CC(C)CCN(CCC(C)C)c1nc(C(C)C)c(CN)s1. The summed E-state index contributed by atoms with van der Waals surface area (Å²) in [7, 11) is 0. The molecule has 0 fully saturated rings. The van der Waals surface area contributed by atoms with Crippen molar-refractivity contribution in [1.29, 1.82) is 0 Å². The van der Waals surface area contributed by atoms with Gasteiger partial charge in [-0.2, -0.15) is 0 Å². The standard InChI is InChI=1S/C17H33N3S/c1-12(2)7-9-20(10-8-13(3)4)17-19-16(14(5)6)15(11-18)21-17/h12-14H,7-11,18H2,1-6H3. The normalized spacial score (nSPS) is 11.9. The Morgan fingerprint density at radius 2 is 1.52 bits per heavy atom. The molecule has 0 spiro atoms. The lowest BCUT2D eigenvalue weighted by atomic mass is 10.1. The molecular formula is C17H33N3S. The Kier molecular flexibility index (Phi) is 7.67. The molecule has 122 valence electrons. The van der Waals surface area contributed by atoms with E-state index in [0.717, 1.165) is 24.9 Å². The molecule has 1 rings (SSSR count). The van der Waals surface area contributed by atoms with E-state index in [0.29, 0.717) is 12.5 Å². The highest BCUT2D eigenvalue weighted by Gasteiger charge is 2.18. The molecule has 0 aliphatic rings. The Hall–Kier alpha value is -0.610. The molecule has 0 radical (unpaired) electrons. The molecule has 0 amide bonds. The third-order valence-electron chi connectivity index (χ3n) is 3.67. The van der Waals surface area contributed by atoms with Gasteiger partial charge in [0.1, 0.15) is 0 Å². The minimum Gasteiger partial charge on any atom is -0.348 e. The van der Waals surface area contributed by atoms with Gasteiger partial charge >= 0.3 is 0 Å². The predicted molar refractivity (Wildman–Crippen MR) is 95.2 cm³/mol. The first-order valence-electron chi connectivity index (χ1n) is 8.29. The van der Waals surface area contributed by atoms with Crippen LogP contribution >= 0.6 is 11.3 Å². The maximum absolute atomic E-state index is 5.90. The smallest absolute Gasteiger partial charge is 0.185 e. The third kappa shape index (κ3) is 5.95. The lowest BCUT2D eigenvalue weighted by Crippen LogP contribution is -2.27. The van der Waals surface area contributed by atoms with Crippen LogP contribution in [0.1, 0.15) is 70.9 Å². The van der Waals surface area contributed by atoms with Gasteiger partial charge in [-0.25, -0.2) is 4.98 Å². The number of nitrogens with zero attached hydrogens (tertiary/aromatic N) is 2. The molecule has 1 heterocycles. The van der Waals surface area contributed by atoms with Crippen LogP contribution in [0.3, 0.4) is 0 Å². The van der Waals surface area contributed by atoms with E-state index >= 15 is 0 Å². The van der Waals surface area contributed by atoms with Crippen molar-refractivity contribution in [2.75, 3.05) is 18.0 Å². The quantitative estimate of drug-likeness (QED) is 0.723. The highest BCUT2D eigenvalue weighted by molar-refractivity contribution is 7.15. The number of thiazole rings is 1. The first kappa shape index (κ1) is 18.4. The van der Waals surface area contributed by atoms with E-state index in [1.807, 2.05) is 0 Å². The number of hydrogen-bond acceptors (Lipinski definition) is 4. The van der Waals surface area contributed by atoms with Crippen LogP contribution in [0.15, 0.2) is 0 Å². The summed E-state index contributed by atoms with van der Waals surface area (Å²) >= 11 is 1.79. The van der Waals surface area contributed by atoms with Crippen LogP contribution in [0, 0.1) is 11.8 Å². The molecule has 1 aromatic rings. The van der Waals surface area contributed by atoms with Crippen molar-refractivity contribution in [3.63, 3.8) is 0 Å². The number of hydrogen-bond donors (Lipinski definition) is 1. The molecule has 1 aromatic heterocycles. The van der Waals surface area contributed by atoms with E-state index in [-0.39, 0.29) is 0 Å². The van der Waals surface area contributed by atoms with E-state index in [9.17, 15) is 0 Å². The molecule has 21 heavy (non-hydrogen) atoms. The van der Waals surface area contributed by atoms with Crippen LogP contribution in [0.5, 0.6) is 0 Å². The minimum absolute atomic E-state index is 0.450. The van der Waals surface area contributed by atoms with Crippen LogP contribution in [0.25, 0.3) is 0 Å².